The quantitative estimate of drug-likeness (QED) is 0.568. The van der Waals surface area contributed by atoms with E-state index in [1.54, 1.807) is 6.20 Å². The zero-order valence-electron chi connectivity index (χ0n) is 12.3. The number of allylic oxidation sites excluding steroid dienone is 1. The molecule has 1 aromatic heterocycles. The predicted molar refractivity (Wildman–Crippen MR) is 76.9 cm³/mol. The van der Waals surface area contributed by atoms with Crippen molar-refractivity contribution in [3.05, 3.63) is 29.5 Å². The minimum atomic E-state index is -0.328. The van der Waals surface area contributed by atoms with E-state index in [1.165, 1.54) is 6.92 Å². The van der Waals surface area contributed by atoms with Gasteiger partial charge in [0.25, 0.3) is 0 Å². The molecular weight excluding hydrogens is 263 g/mol. The van der Waals surface area contributed by atoms with Crippen LogP contribution in [0.3, 0.4) is 0 Å². The maximum absolute atomic E-state index is 12.5. The fraction of sp³-hybridized carbons (Fsp3) is 0.538. The first-order valence-corrected chi connectivity index (χ1v) is 6.36. The van der Waals surface area contributed by atoms with Crippen LogP contribution in [-0.2, 0) is 16.1 Å². The number of nitrogens with zero attached hydrogens (tertiary/aromatic N) is 2. The Kier molecular flexibility index (Phi) is 11.2. The highest BCUT2D eigenvalue weighted by molar-refractivity contribution is 5.23. The van der Waals surface area contributed by atoms with Crippen LogP contribution in [0, 0.1) is 0 Å². The number of H-pyrrole nitrogens is 1. The van der Waals surface area contributed by atoms with Crippen molar-refractivity contribution in [3.8, 4) is 0 Å². The van der Waals surface area contributed by atoms with Gasteiger partial charge in [0.15, 0.2) is 0 Å². The molecule has 1 heterocycles. The van der Waals surface area contributed by atoms with Crippen molar-refractivity contribution < 1.29 is 13.9 Å². The molecule has 0 saturated heterocycles. The van der Waals surface area contributed by atoms with Crippen LogP contribution in [0.2, 0.25) is 0 Å². The summed E-state index contributed by atoms with van der Waals surface area (Å²) in [6, 6.07) is 1.90. The third-order valence-corrected chi connectivity index (χ3v) is 2.10. The number of hydrogen-bond donors (Lipinski definition) is 2. The van der Waals surface area contributed by atoms with E-state index in [0.29, 0.717) is 18.9 Å². The molecular formula is C13H23FN4O2. The number of halogens is 1. The van der Waals surface area contributed by atoms with Crippen molar-refractivity contribution in [1.82, 2.24) is 15.6 Å². The van der Waals surface area contributed by atoms with Gasteiger partial charge >= 0.3 is 0 Å². The summed E-state index contributed by atoms with van der Waals surface area (Å²) in [4.78, 5) is 0. The van der Waals surface area contributed by atoms with Crippen LogP contribution >= 0.6 is 0 Å². The van der Waals surface area contributed by atoms with E-state index in [2.05, 4.69) is 27.4 Å². The molecule has 0 fully saturated rings. The number of rotatable bonds is 8. The number of aromatic amines is 1. The number of nitrogens with one attached hydrogen (secondary N) is 2. The topological polar surface area (TPSA) is 71.5 Å². The standard InChI is InChI=1S/C7H13FN2O.C6H10N2O/c1-4-11-5-7(6(2)8)10-9-3;1-2-9-5-6-3-4-7-8-6/h10H,3-5H2,1-2H3;3-4H,2,5H2,1H3,(H,7,8)/b7-6+;. The molecule has 0 bridgehead atoms. The first kappa shape index (κ1) is 18.3. The molecule has 1 rings (SSSR count). The molecule has 0 aliphatic rings. The minimum absolute atomic E-state index is 0.206. The van der Waals surface area contributed by atoms with E-state index in [-0.39, 0.29) is 12.4 Å². The van der Waals surface area contributed by atoms with E-state index >= 15 is 0 Å². The molecule has 6 nitrogen and oxygen atoms in total. The summed E-state index contributed by atoms with van der Waals surface area (Å²) in [5.74, 6) is -0.328. The lowest BCUT2D eigenvalue weighted by Gasteiger charge is -2.05. The van der Waals surface area contributed by atoms with Gasteiger partial charge in [0.2, 0.25) is 0 Å². The Hall–Kier alpha value is -1.73. The Labute approximate surface area is 119 Å². The van der Waals surface area contributed by atoms with Crippen molar-refractivity contribution >= 4 is 6.72 Å². The maximum Gasteiger partial charge on any atom is 0.120 e. The van der Waals surface area contributed by atoms with Crippen LogP contribution < -0.4 is 5.43 Å². The maximum atomic E-state index is 12.5. The van der Waals surface area contributed by atoms with Gasteiger partial charge in [-0.25, -0.2) is 4.39 Å². The summed E-state index contributed by atoms with van der Waals surface area (Å²) in [5, 5.41) is 9.90. The summed E-state index contributed by atoms with van der Waals surface area (Å²) >= 11 is 0. The Morgan fingerprint density at radius 2 is 2.15 bits per heavy atom. The molecule has 0 atom stereocenters. The fourth-order valence-corrected chi connectivity index (χ4v) is 1.09. The van der Waals surface area contributed by atoms with Crippen molar-refractivity contribution in [3.63, 3.8) is 0 Å². The van der Waals surface area contributed by atoms with Gasteiger partial charge in [0.05, 0.1) is 24.6 Å². The second-order valence-electron chi connectivity index (χ2n) is 3.64. The molecule has 0 radical (unpaired) electrons. The lowest BCUT2D eigenvalue weighted by molar-refractivity contribution is 0.131. The highest BCUT2D eigenvalue weighted by atomic mass is 19.1. The van der Waals surface area contributed by atoms with Gasteiger partial charge in [-0.15, -0.1) is 0 Å². The van der Waals surface area contributed by atoms with E-state index in [0.717, 1.165) is 12.3 Å². The molecule has 7 heteroatoms. The zero-order valence-corrected chi connectivity index (χ0v) is 12.3. The monoisotopic (exact) mass is 286 g/mol. The van der Waals surface area contributed by atoms with Crippen molar-refractivity contribution in [2.24, 2.45) is 5.10 Å². The number of aromatic nitrogens is 2. The molecule has 0 aliphatic heterocycles. The Bertz CT molecular complexity index is 376. The summed E-state index contributed by atoms with van der Waals surface area (Å²) < 4.78 is 22.6. The number of hydrazone groups is 1. The lowest BCUT2D eigenvalue weighted by Crippen LogP contribution is -2.12. The normalized spacial score (nSPS) is 11.2. The molecule has 1 aromatic rings. The average molecular weight is 286 g/mol. The highest BCUT2D eigenvalue weighted by Crippen LogP contribution is 2.01. The smallest absolute Gasteiger partial charge is 0.120 e. The predicted octanol–water partition coefficient (Wildman–Crippen LogP) is 2.38. The van der Waals surface area contributed by atoms with Crippen molar-refractivity contribution in [2.75, 3.05) is 19.8 Å². The van der Waals surface area contributed by atoms with Crippen LogP contribution in [0.25, 0.3) is 0 Å². The second-order valence-corrected chi connectivity index (χ2v) is 3.64. The van der Waals surface area contributed by atoms with E-state index in [4.69, 9.17) is 9.47 Å². The molecule has 0 spiro atoms. The fourth-order valence-electron chi connectivity index (χ4n) is 1.09. The van der Waals surface area contributed by atoms with Gasteiger partial charge in [-0.2, -0.15) is 10.2 Å². The molecule has 2 N–H and O–H groups in total. The lowest BCUT2D eigenvalue weighted by atomic mass is 10.4. The molecule has 0 aromatic carbocycles. The highest BCUT2D eigenvalue weighted by Gasteiger charge is 1.99. The minimum Gasteiger partial charge on any atom is -0.375 e. The van der Waals surface area contributed by atoms with Gasteiger partial charge in [-0.3, -0.25) is 10.5 Å². The van der Waals surface area contributed by atoms with Crippen LogP contribution in [0.4, 0.5) is 4.39 Å². The van der Waals surface area contributed by atoms with Crippen LogP contribution in [0.5, 0.6) is 0 Å². The Balaban J connectivity index is 0.000000367. The molecule has 0 saturated carbocycles. The molecule has 114 valence electrons. The molecule has 0 amide bonds. The summed E-state index contributed by atoms with van der Waals surface area (Å²) in [5.41, 5.74) is 3.76. The van der Waals surface area contributed by atoms with Gasteiger partial charge in [0.1, 0.15) is 5.83 Å². The van der Waals surface area contributed by atoms with E-state index < -0.39 is 0 Å². The van der Waals surface area contributed by atoms with E-state index in [1.807, 2.05) is 19.9 Å². The van der Waals surface area contributed by atoms with Gasteiger partial charge in [-0.05, 0) is 26.8 Å². The Morgan fingerprint density at radius 1 is 1.45 bits per heavy atom. The van der Waals surface area contributed by atoms with Gasteiger partial charge in [-0.1, -0.05) is 0 Å². The Morgan fingerprint density at radius 3 is 2.60 bits per heavy atom. The zero-order chi connectivity index (χ0) is 15.2. The van der Waals surface area contributed by atoms with Gasteiger partial charge < -0.3 is 9.47 Å². The van der Waals surface area contributed by atoms with Crippen LogP contribution in [0.1, 0.15) is 26.5 Å². The molecule has 0 aliphatic carbocycles. The third-order valence-electron chi connectivity index (χ3n) is 2.10. The first-order valence-electron chi connectivity index (χ1n) is 6.36. The average Bonchev–Trinajstić information content (AvgIpc) is 2.95. The van der Waals surface area contributed by atoms with Crippen LogP contribution in [0.15, 0.2) is 28.9 Å². The first-order chi connectivity index (χ1) is 9.65. The summed E-state index contributed by atoms with van der Waals surface area (Å²) in [6.45, 7) is 10.5. The summed E-state index contributed by atoms with van der Waals surface area (Å²) in [6.07, 6.45) is 1.72. The van der Waals surface area contributed by atoms with Gasteiger partial charge in [0, 0.05) is 26.1 Å². The number of ether oxygens (including phenoxy) is 2. The molecule has 20 heavy (non-hydrogen) atoms. The largest absolute Gasteiger partial charge is 0.375 e. The SMILES string of the molecule is C=NN/C(COCC)=C(\C)F.CCOCc1ccn[nH]1. The number of hydrogen-bond acceptors (Lipinski definition) is 5. The van der Waals surface area contributed by atoms with Crippen molar-refractivity contribution in [2.45, 2.75) is 27.4 Å². The van der Waals surface area contributed by atoms with Crippen molar-refractivity contribution in [1.29, 1.82) is 0 Å². The second kappa shape index (κ2) is 12.3. The third kappa shape index (κ3) is 9.23. The van der Waals surface area contributed by atoms with E-state index in [9.17, 15) is 4.39 Å². The molecule has 0 unspecified atom stereocenters. The summed E-state index contributed by atoms with van der Waals surface area (Å²) in [7, 11) is 0. The van der Waals surface area contributed by atoms with Crippen LogP contribution in [-0.4, -0.2) is 36.7 Å².